The van der Waals surface area contributed by atoms with Gasteiger partial charge in [0.15, 0.2) is 0 Å². The molecule has 0 aliphatic carbocycles. The largest absolute Gasteiger partial charge is 0.516 e. The fourth-order valence-corrected chi connectivity index (χ4v) is 1.51. The third-order valence-corrected chi connectivity index (χ3v) is 2.55. The van der Waals surface area contributed by atoms with Crippen LogP contribution in [0.5, 0.6) is 0 Å². The molecule has 0 saturated carbocycles. The van der Waals surface area contributed by atoms with E-state index in [-0.39, 0.29) is 6.42 Å². The molecule has 0 atom stereocenters. The van der Waals surface area contributed by atoms with E-state index in [0.717, 1.165) is 13.0 Å². The lowest BCUT2D eigenvalue weighted by molar-refractivity contribution is -0.132. The van der Waals surface area contributed by atoms with Gasteiger partial charge in [-0.05, 0) is 13.0 Å². The molecule has 80 valence electrons. The molecule has 6 nitrogen and oxygen atoms in total. The zero-order chi connectivity index (χ0) is 11.4. The van der Waals surface area contributed by atoms with E-state index in [4.69, 9.17) is 14.8 Å². The molecule has 14 heavy (non-hydrogen) atoms. The summed E-state index contributed by atoms with van der Waals surface area (Å²) in [7, 11) is -4.54. The van der Waals surface area contributed by atoms with E-state index in [1.165, 1.54) is 0 Å². The van der Waals surface area contributed by atoms with E-state index >= 15 is 0 Å². The predicted molar refractivity (Wildman–Crippen MR) is 48.3 cm³/mol. The van der Waals surface area contributed by atoms with Gasteiger partial charge in [-0.25, -0.2) is 4.79 Å². The van der Waals surface area contributed by atoms with Gasteiger partial charge in [0, 0.05) is 6.42 Å². The molecule has 0 aromatic rings. The number of rotatable bonds is 4. The van der Waals surface area contributed by atoms with E-state index in [1.807, 2.05) is 0 Å². The fraction of sp³-hybridized carbons (Fsp3) is 0.286. The standard InChI is InChI=1S/C7H10O6S/c1-5(7(9)10)6(3-2-4-8)14(11,12)13/h2,4,8H,3H2,1H3,(H,9,10)(H,11,12,13). The van der Waals surface area contributed by atoms with Crippen LogP contribution in [0.15, 0.2) is 22.8 Å². The maximum absolute atomic E-state index is 10.7. The molecule has 0 amide bonds. The molecular formula is C7H10O6S. The van der Waals surface area contributed by atoms with Crippen molar-refractivity contribution >= 4 is 16.1 Å². The highest BCUT2D eigenvalue weighted by Crippen LogP contribution is 2.15. The highest BCUT2D eigenvalue weighted by molar-refractivity contribution is 7.89. The molecule has 0 aromatic heterocycles. The summed E-state index contributed by atoms with van der Waals surface area (Å²) in [5.41, 5.74) is -0.481. The Hall–Kier alpha value is -1.34. The molecule has 0 rings (SSSR count). The summed E-state index contributed by atoms with van der Waals surface area (Å²) in [5, 5.41) is 16.8. The summed E-state index contributed by atoms with van der Waals surface area (Å²) >= 11 is 0. The lowest BCUT2D eigenvalue weighted by Gasteiger charge is -2.02. The zero-order valence-corrected chi connectivity index (χ0v) is 8.15. The van der Waals surface area contributed by atoms with E-state index in [0.29, 0.717) is 6.26 Å². The zero-order valence-electron chi connectivity index (χ0n) is 7.34. The van der Waals surface area contributed by atoms with Crippen molar-refractivity contribution in [2.24, 2.45) is 0 Å². The van der Waals surface area contributed by atoms with Crippen LogP contribution in [-0.2, 0) is 14.9 Å². The molecule has 0 bridgehead atoms. The van der Waals surface area contributed by atoms with Crippen LogP contribution in [0.4, 0.5) is 0 Å². The van der Waals surface area contributed by atoms with Gasteiger partial charge in [-0.3, -0.25) is 4.55 Å². The maximum atomic E-state index is 10.7. The summed E-state index contributed by atoms with van der Waals surface area (Å²) in [5.74, 6) is -1.44. The summed E-state index contributed by atoms with van der Waals surface area (Å²) < 4.78 is 30.1. The Kier molecular flexibility index (Phi) is 4.32. The highest BCUT2D eigenvalue weighted by atomic mass is 32.2. The first-order chi connectivity index (χ1) is 6.30. The van der Waals surface area contributed by atoms with Crippen LogP contribution < -0.4 is 0 Å². The summed E-state index contributed by atoms with van der Waals surface area (Å²) in [4.78, 5) is 9.79. The summed E-state index contributed by atoms with van der Waals surface area (Å²) in [6.45, 7) is 1.05. The van der Waals surface area contributed by atoms with Crippen molar-refractivity contribution in [1.29, 1.82) is 0 Å². The third kappa shape index (κ3) is 3.58. The molecule has 0 spiro atoms. The van der Waals surface area contributed by atoms with Crippen LogP contribution in [0.25, 0.3) is 0 Å². The number of carboxylic acids is 1. The highest BCUT2D eigenvalue weighted by Gasteiger charge is 2.19. The third-order valence-electron chi connectivity index (χ3n) is 1.46. The van der Waals surface area contributed by atoms with Gasteiger partial charge in [0.05, 0.1) is 16.7 Å². The number of aliphatic carboxylic acids is 1. The van der Waals surface area contributed by atoms with Crippen molar-refractivity contribution in [2.75, 3.05) is 0 Å². The van der Waals surface area contributed by atoms with Crippen molar-refractivity contribution in [3.63, 3.8) is 0 Å². The van der Waals surface area contributed by atoms with Crippen molar-refractivity contribution < 1.29 is 28.0 Å². The Labute approximate surface area is 80.9 Å². The fourth-order valence-electron chi connectivity index (χ4n) is 0.731. The molecular weight excluding hydrogens is 212 g/mol. The quantitative estimate of drug-likeness (QED) is 0.366. The van der Waals surface area contributed by atoms with Crippen LogP contribution in [0.3, 0.4) is 0 Å². The van der Waals surface area contributed by atoms with E-state index < -0.39 is 26.6 Å². The van der Waals surface area contributed by atoms with E-state index in [1.54, 1.807) is 0 Å². The molecule has 7 heteroatoms. The van der Waals surface area contributed by atoms with Crippen LogP contribution in [0, 0.1) is 0 Å². The number of carbonyl (C=O) groups is 1. The van der Waals surface area contributed by atoms with Crippen LogP contribution in [0.1, 0.15) is 13.3 Å². The van der Waals surface area contributed by atoms with Crippen LogP contribution in [-0.4, -0.2) is 29.2 Å². The van der Waals surface area contributed by atoms with Gasteiger partial charge in [0.2, 0.25) is 0 Å². The molecule has 0 heterocycles. The number of aliphatic hydroxyl groups excluding tert-OH is 1. The monoisotopic (exact) mass is 222 g/mol. The summed E-state index contributed by atoms with van der Waals surface area (Å²) in [6, 6.07) is 0. The normalized spacial score (nSPS) is 14.1. The second-order valence-corrected chi connectivity index (χ2v) is 3.86. The van der Waals surface area contributed by atoms with Gasteiger partial charge in [0.25, 0.3) is 10.1 Å². The topological polar surface area (TPSA) is 112 Å². The smallest absolute Gasteiger partial charge is 0.332 e. The number of hydrogen-bond donors (Lipinski definition) is 3. The van der Waals surface area contributed by atoms with E-state index in [9.17, 15) is 13.2 Å². The lowest BCUT2D eigenvalue weighted by Crippen LogP contribution is -2.09. The van der Waals surface area contributed by atoms with Gasteiger partial charge >= 0.3 is 5.97 Å². The van der Waals surface area contributed by atoms with Crippen molar-refractivity contribution in [2.45, 2.75) is 13.3 Å². The van der Waals surface area contributed by atoms with Gasteiger partial charge in [-0.2, -0.15) is 8.42 Å². The van der Waals surface area contributed by atoms with Crippen molar-refractivity contribution in [3.8, 4) is 0 Å². The number of aliphatic hydroxyl groups is 1. The van der Waals surface area contributed by atoms with Crippen LogP contribution >= 0.6 is 0 Å². The average Bonchev–Trinajstić information content (AvgIpc) is 2.02. The Morgan fingerprint density at radius 2 is 1.93 bits per heavy atom. The maximum Gasteiger partial charge on any atom is 0.332 e. The second kappa shape index (κ2) is 4.77. The lowest BCUT2D eigenvalue weighted by atomic mass is 10.2. The van der Waals surface area contributed by atoms with Gasteiger partial charge in [-0.1, -0.05) is 0 Å². The molecule has 0 fully saturated rings. The molecule has 0 unspecified atom stereocenters. The molecule has 0 aromatic carbocycles. The number of hydrogen-bond acceptors (Lipinski definition) is 4. The molecule has 0 saturated heterocycles. The minimum Gasteiger partial charge on any atom is -0.516 e. The van der Waals surface area contributed by atoms with Gasteiger partial charge in [0.1, 0.15) is 0 Å². The molecule has 3 N–H and O–H groups in total. The minimum atomic E-state index is -4.54. The van der Waals surface area contributed by atoms with E-state index in [2.05, 4.69) is 0 Å². The first-order valence-electron chi connectivity index (χ1n) is 3.50. The Bertz CT molecular complexity index is 375. The number of allylic oxidation sites excluding steroid dienone is 2. The van der Waals surface area contributed by atoms with Gasteiger partial charge in [-0.15, -0.1) is 0 Å². The first kappa shape index (κ1) is 12.7. The van der Waals surface area contributed by atoms with Crippen molar-refractivity contribution in [3.05, 3.63) is 22.8 Å². The average molecular weight is 222 g/mol. The van der Waals surface area contributed by atoms with Crippen molar-refractivity contribution in [1.82, 2.24) is 0 Å². The predicted octanol–water partition coefficient (Wildman–Crippen LogP) is 0.695. The Morgan fingerprint density at radius 3 is 2.21 bits per heavy atom. The molecule has 0 aliphatic heterocycles. The van der Waals surface area contributed by atoms with Gasteiger partial charge < -0.3 is 10.2 Å². The molecule has 0 radical (unpaired) electrons. The first-order valence-corrected chi connectivity index (χ1v) is 4.94. The molecule has 0 aliphatic rings. The SMILES string of the molecule is CC(C(=O)O)=C(CC=CO)S(=O)(=O)O. The number of carboxylic acid groups (broad SMARTS) is 1. The minimum absolute atomic E-state index is 0.368. The Balaban J connectivity index is 5.32. The second-order valence-electron chi connectivity index (χ2n) is 2.42. The van der Waals surface area contributed by atoms with Crippen LogP contribution in [0.2, 0.25) is 0 Å². The Morgan fingerprint density at radius 1 is 1.43 bits per heavy atom. The summed E-state index contributed by atoms with van der Waals surface area (Å²) in [6.07, 6.45) is 1.21.